The first-order chi connectivity index (χ1) is 11.4. The van der Waals surface area contributed by atoms with Crippen LogP contribution in [0.4, 0.5) is 4.79 Å². The third kappa shape index (κ3) is 4.06. The van der Waals surface area contributed by atoms with Crippen LogP contribution >= 0.6 is 0 Å². The van der Waals surface area contributed by atoms with Crippen LogP contribution in [0.25, 0.3) is 11.0 Å². The van der Waals surface area contributed by atoms with E-state index >= 15 is 0 Å². The molecular formula is C18H26N4O2. The van der Waals surface area contributed by atoms with Gasteiger partial charge in [0.25, 0.3) is 0 Å². The number of para-hydroxylation sites is 2. The molecule has 1 aliphatic heterocycles. The van der Waals surface area contributed by atoms with Crippen molar-refractivity contribution in [2.75, 3.05) is 13.1 Å². The highest BCUT2D eigenvalue weighted by Crippen LogP contribution is 2.29. The van der Waals surface area contributed by atoms with Gasteiger partial charge in [-0.2, -0.15) is 0 Å². The Bertz CT molecular complexity index is 665. The second kappa shape index (κ2) is 6.81. The summed E-state index contributed by atoms with van der Waals surface area (Å²) in [4.78, 5) is 20.4. The standard InChI is InChI=1S/C18H26N4O2/c1-18(2,3)24-17(23)22-15(12-8-10-19-11-9-12)16-20-13-6-4-5-7-14(13)21-16/h4-7,12,15,19H,8-11H2,1-3H3,(H,20,21)(H,22,23). The average Bonchev–Trinajstić information content (AvgIpc) is 2.95. The molecule has 6 nitrogen and oxygen atoms in total. The van der Waals surface area contributed by atoms with Gasteiger partial charge < -0.3 is 20.4 Å². The fraction of sp³-hybridized carbons (Fsp3) is 0.556. The molecular weight excluding hydrogens is 304 g/mol. The van der Waals surface area contributed by atoms with Gasteiger partial charge in [-0.15, -0.1) is 0 Å². The van der Waals surface area contributed by atoms with E-state index in [0.717, 1.165) is 42.8 Å². The summed E-state index contributed by atoms with van der Waals surface area (Å²) in [5, 5.41) is 6.40. The minimum atomic E-state index is -0.517. The van der Waals surface area contributed by atoms with Crippen molar-refractivity contribution in [3.8, 4) is 0 Å². The Balaban J connectivity index is 1.85. The van der Waals surface area contributed by atoms with E-state index < -0.39 is 11.7 Å². The van der Waals surface area contributed by atoms with E-state index in [9.17, 15) is 4.79 Å². The molecule has 2 aromatic rings. The molecule has 1 aromatic carbocycles. The number of rotatable bonds is 3. The largest absolute Gasteiger partial charge is 0.444 e. The van der Waals surface area contributed by atoms with Crippen LogP contribution in [0, 0.1) is 5.92 Å². The van der Waals surface area contributed by atoms with Crippen LogP contribution in [0.2, 0.25) is 0 Å². The van der Waals surface area contributed by atoms with Gasteiger partial charge >= 0.3 is 6.09 Å². The van der Waals surface area contributed by atoms with Crippen molar-refractivity contribution in [2.24, 2.45) is 5.92 Å². The normalized spacial score (nSPS) is 17.6. The smallest absolute Gasteiger partial charge is 0.408 e. The quantitative estimate of drug-likeness (QED) is 0.808. The molecule has 1 fully saturated rings. The van der Waals surface area contributed by atoms with Crippen LogP contribution in [0.5, 0.6) is 0 Å². The van der Waals surface area contributed by atoms with Gasteiger partial charge in [-0.05, 0) is 64.8 Å². The Morgan fingerprint density at radius 1 is 1.29 bits per heavy atom. The maximum absolute atomic E-state index is 12.3. The predicted molar refractivity (Wildman–Crippen MR) is 93.8 cm³/mol. The number of piperidine rings is 1. The molecule has 0 spiro atoms. The summed E-state index contributed by atoms with van der Waals surface area (Å²) in [5.41, 5.74) is 1.38. The number of aromatic nitrogens is 2. The van der Waals surface area contributed by atoms with E-state index in [4.69, 9.17) is 9.72 Å². The van der Waals surface area contributed by atoms with Crippen LogP contribution in [0.3, 0.4) is 0 Å². The lowest BCUT2D eigenvalue weighted by Crippen LogP contribution is -2.41. The minimum absolute atomic E-state index is 0.172. The fourth-order valence-electron chi connectivity index (χ4n) is 3.14. The molecule has 3 N–H and O–H groups in total. The van der Waals surface area contributed by atoms with Crippen molar-refractivity contribution in [2.45, 2.75) is 45.3 Å². The highest BCUT2D eigenvalue weighted by Gasteiger charge is 2.30. The van der Waals surface area contributed by atoms with Gasteiger partial charge in [0.15, 0.2) is 0 Å². The van der Waals surface area contributed by atoms with Gasteiger partial charge in [-0.1, -0.05) is 12.1 Å². The molecule has 6 heteroatoms. The van der Waals surface area contributed by atoms with Crippen molar-refractivity contribution < 1.29 is 9.53 Å². The van der Waals surface area contributed by atoms with Gasteiger partial charge in [-0.3, -0.25) is 0 Å². The number of benzene rings is 1. The number of carbonyl (C=O) groups is 1. The lowest BCUT2D eigenvalue weighted by Gasteiger charge is -2.31. The van der Waals surface area contributed by atoms with Gasteiger partial charge in [-0.25, -0.2) is 9.78 Å². The predicted octanol–water partition coefficient (Wildman–Crippen LogP) is 3.13. The van der Waals surface area contributed by atoms with Crippen molar-refractivity contribution in [3.63, 3.8) is 0 Å². The summed E-state index contributed by atoms with van der Waals surface area (Å²) in [6, 6.07) is 7.74. The summed E-state index contributed by atoms with van der Waals surface area (Å²) in [6.45, 7) is 7.52. The zero-order valence-corrected chi connectivity index (χ0v) is 14.6. The maximum Gasteiger partial charge on any atom is 0.408 e. The van der Waals surface area contributed by atoms with Crippen LogP contribution < -0.4 is 10.6 Å². The number of H-pyrrole nitrogens is 1. The zero-order chi connectivity index (χ0) is 17.2. The van der Waals surface area contributed by atoms with Crippen LogP contribution in [-0.2, 0) is 4.74 Å². The topological polar surface area (TPSA) is 79.0 Å². The number of fused-ring (bicyclic) bond motifs is 1. The number of carbonyl (C=O) groups excluding carboxylic acids is 1. The zero-order valence-electron chi connectivity index (χ0n) is 14.6. The van der Waals surface area contributed by atoms with E-state index in [1.807, 2.05) is 45.0 Å². The molecule has 1 unspecified atom stereocenters. The number of aromatic amines is 1. The third-order valence-corrected chi connectivity index (χ3v) is 4.23. The number of nitrogens with zero attached hydrogens (tertiary/aromatic N) is 1. The number of ether oxygens (including phenoxy) is 1. The van der Waals surface area contributed by atoms with Gasteiger partial charge in [0.05, 0.1) is 17.1 Å². The number of imidazole rings is 1. The molecule has 2 heterocycles. The number of amides is 1. The molecule has 1 aliphatic rings. The van der Waals surface area contributed by atoms with Crippen LogP contribution in [0.1, 0.15) is 45.5 Å². The van der Waals surface area contributed by atoms with E-state index in [0.29, 0.717) is 5.92 Å². The molecule has 0 bridgehead atoms. The maximum atomic E-state index is 12.3. The van der Waals surface area contributed by atoms with Crippen molar-refractivity contribution in [1.29, 1.82) is 0 Å². The SMILES string of the molecule is CC(C)(C)OC(=O)NC(c1nc2ccccc2[nH]1)C1CCNCC1. The van der Waals surface area contributed by atoms with Gasteiger partial charge in [0.2, 0.25) is 0 Å². The monoisotopic (exact) mass is 330 g/mol. The Hall–Kier alpha value is -2.08. The Morgan fingerprint density at radius 3 is 2.67 bits per heavy atom. The van der Waals surface area contributed by atoms with Crippen molar-refractivity contribution in [3.05, 3.63) is 30.1 Å². The molecule has 1 saturated heterocycles. The first-order valence-electron chi connectivity index (χ1n) is 8.57. The van der Waals surface area contributed by atoms with E-state index in [1.54, 1.807) is 0 Å². The third-order valence-electron chi connectivity index (χ3n) is 4.23. The van der Waals surface area contributed by atoms with E-state index in [-0.39, 0.29) is 6.04 Å². The Morgan fingerprint density at radius 2 is 2.00 bits per heavy atom. The van der Waals surface area contributed by atoms with Gasteiger partial charge in [0, 0.05) is 0 Å². The Kier molecular flexibility index (Phi) is 4.76. The number of hydrogen-bond acceptors (Lipinski definition) is 4. The molecule has 1 atom stereocenters. The fourth-order valence-corrected chi connectivity index (χ4v) is 3.14. The summed E-state index contributed by atoms with van der Waals surface area (Å²) < 4.78 is 5.45. The highest BCUT2D eigenvalue weighted by molar-refractivity contribution is 5.75. The number of hydrogen-bond donors (Lipinski definition) is 3. The number of nitrogens with one attached hydrogen (secondary N) is 3. The minimum Gasteiger partial charge on any atom is -0.444 e. The van der Waals surface area contributed by atoms with Crippen LogP contribution in [0.15, 0.2) is 24.3 Å². The summed E-state index contributed by atoms with van der Waals surface area (Å²) in [6.07, 6.45) is 1.60. The van der Waals surface area contributed by atoms with Crippen molar-refractivity contribution in [1.82, 2.24) is 20.6 Å². The van der Waals surface area contributed by atoms with Crippen molar-refractivity contribution >= 4 is 17.1 Å². The van der Waals surface area contributed by atoms with Crippen LogP contribution in [-0.4, -0.2) is 34.8 Å². The summed E-state index contributed by atoms with van der Waals surface area (Å²) in [7, 11) is 0. The lowest BCUT2D eigenvalue weighted by molar-refractivity contribution is 0.0474. The second-order valence-electron chi connectivity index (χ2n) is 7.35. The molecule has 24 heavy (non-hydrogen) atoms. The summed E-state index contributed by atoms with van der Waals surface area (Å²) >= 11 is 0. The summed E-state index contributed by atoms with van der Waals surface area (Å²) in [5.74, 6) is 1.13. The lowest BCUT2D eigenvalue weighted by atomic mass is 9.90. The Labute approximate surface area is 142 Å². The molecule has 1 amide bonds. The van der Waals surface area contributed by atoms with E-state index in [2.05, 4.69) is 15.6 Å². The van der Waals surface area contributed by atoms with Gasteiger partial charge in [0.1, 0.15) is 11.4 Å². The van der Waals surface area contributed by atoms with E-state index in [1.165, 1.54) is 0 Å². The average molecular weight is 330 g/mol. The highest BCUT2D eigenvalue weighted by atomic mass is 16.6. The first-order valence-corrected chi connectivity index (χ1v) is 8.57. The molecule has 0 saturated carbocycles. The number of alkyl carbamates (subject to hydrolysis) is 1. The molecule has 130 valence electrons. The molecule has 0 aliphatic carbocycles. The molecule has 3 rings (SSSR count). The molecule has 0 radical (unpaired) electrons. The second-order valence-corrected chi connectivity index (χ2v) is 7.35. The molecule has 1 aromatic heterocycles. The first kappa shape index (κ1) is 16.8.